The van der Waals surface area contributed by atoms with Crippen LogP contribution >= 0.6 is 0 Å². The van der Waals surface area contributed by atoms with Crippen molar-refractivity contribution in [3.8, 4) is 28.1 Å². The smallest absolute Gasteiger partial charge is 0.137 e. The molecule has 4 aromatic rings. The molecule has 0 amide bonds. The van der Waals surface area contributed by atoms with Crippen molar-refractivity contribution in [2.75, 3.05) is 31.8 Å². The van der Waals surface area contributed by atoms with Crippen LogP contribution in [0.3, 0.4) is 0 Å². The van der Waals surface area contributed by atoms with Gasteiger partial charge in [-0.05, 0) is 48.4 Å². The van der Waals surface area contributed by atoms with Crippen LogP contribution in [0.2, 0.25) is 0 Å². The lowest BCUT2D eigenvalue weighted by molar-refractivity contribution is -0.0851. The van der Waals surface area contributed by atoms with Gasteiger partial charge in [0, 0.05) is 46.7 Å². The van der Waals surface area contributed by atoms with Crippen LogP contribution in [0.1, 0.15) is 6.42 Å². The number of methoxy groups -OCH3 is 1. The minimum absolute atomic E-state index is 0.209. The highest BCUT2D eigenvalue weighted by Gasteiger charge is 2.51. The van der Waals surface area contributed by atoms with Crippen molar-refractivity contribution in [3.05, 3.63) is 61.1 Å². The van der Waals surface area contributed by atoms with Crippen LogP contribution in [0.15, 0.2) is 61.1 Å². The van der Waals surface area contributed by atoms with E-state index in [0.29, 0.717) is 0 Å². The Balaban J connectivity index is 1.29. The highest BCUT2D eigenvalue weighted by atomic mass is 16.5. The molecule has 2 saturated heterocycles. The van der Waals surface area contributed by atoms with Gasteiger partial charge in [0.1, 0.15) is 11.6 Å². The van der Waals surface area contributed by atoms with E-state index in [2.05, 4.69) is 51.3 Å². The number of aromatic amines is 1. The zero-order valence-electron chi connectivity index (χ0n) is 16.8. The number of rotatable bonds is 4. The number of anilines is 1. The van der Waals surface area contributed by atoms with Gasteiger partial charge >= 0.3 is 0 Å². The average molecular weight is 398 g/mol. The van der Waals surface area contributed by atoms with Crippen molar-refractivity contribution < 1.29 is 9.47 Å². The number of nitrogens with one attached hydrogen (secondary N) is 1. The van der Waals surface area contributed by atoms with Crippen LogP contribution in [0.4, 0.5) is 5.82 Å². The number of pyridine rings is 2. The number of ether oxygens (including phenoxy) is 2. The first kappa shape index (κ1) is 17.5. The molecule has 5 heterocycles. The van der Waals surface area contributed by atoms with E-state index in [-0.39, 0.29) is 5.54 Å². The molecule has 2 aliphatic rings. The summed E-state index contributed by atoms with van der Waals surface area (Å²) >= 11 is 0. The molecular formula is C24H22N4O2. The molecule has 2 aliphatic heterocycles. The zero-order chi connectivity index (χ0) is 20.1. The van der Waals surface area contributed by atoms with Gasteiger partial charge < -0.3 is 19.4 Å². The van der Waals surface area contributed by atoms with E-state index in [4.69, 9.17) is 14.5 Å². The van der Waals surface area contributed by atoms with E-state index >= 15 is 0 Å². The van der Waals surface area contributed by atoms with Gasteiger partial charge in [0.15, 0.2) is 0 Å². The molecule has 2 fully saturated rings. The Morgan fingerprint density at radius 1 is 1.00 bits per heavy atom. The third-order valence-corrected chi connectivity index (χ3v) is 6.35. The molecule has 1 aromatic carbocycles. The summed E-state index contributed by atoms with van der Waals surface area (Å²) in [6.45, 7) is 2.71. The number of benzene rings is 1. The topological polar surface area (TPSA) is 63.3 Å². The highest BCUT2D eigenvalue weighted by molar-refractivity contribution is 5.89. The number of aromatic nitrogens is 3. The van der Waals surface area contributed by atoms with Gasteiger partial charge in [0.05, 0.1) is 32.1 Å². The van der Waals surface area contributed by atoms with Crippen molar-refractivity contribution in [2.24, 2.45) is 0 Å². The second-order valence-electron chi connectivity index (χ2n) is 8.12. The zero-order valence-corrected chi connectivity index (χ0v) is 16.8. The van der Waals surface area contributed by atoms with Crippen molar-refractivity contribution in [1.82, 2.24) is 15.0 Å². The second-order valence-corrected chi connectivity index (χ2v) is 8.12. The normalized spacial score (nSPS) is 17.0. The third-order valence-electron chi connectivity index (χ3n) is 6.35. The van der Waals surface area contributed by atoms with Crippen molar-refractivity contribution in [1.29, 1.82) is 0 Å². The summed E-state index contributed by atoms with van der Waals surface area (Å²) < 4.78 is 10.7. The van der Waals surface area contributed by atoms with Crippen molar-refractivity contribution in [2.45, 2.75) is 12.0 Å². The molecule has 0 aliphatic carbocycles. The number of hydrogen-bond acceptors (Lipinski definition) is 5. The van der Waals surface area contributed by atoms with E-state index in [9.17, 15) is 0 Å². The molecule has 0 saturated carbocycles. The third kappa shape index (κ3) is 2.68. The summed E-state index contributed by atoms with van der Waals surface area (Å²) in [5.74, 6) is 1.79. The van der Waals surface area contributed by atoms with Gasteiger partial charge in [0.25, 0.3) is 0 Å². The predicted octanol–water partition coefficient (Wildman–Crippen LogP) is 4.28. The van der Waals surface area contributed by atoms with Gasteiger partial charge in [-0.2, -0.15) is 0 Å². The summed E-state index contributed by atoms with van der Waals surface area (Å²) in [6, 6.07) is 14.8. The van der Waals surface area contributed by atoms with E-state index < -0.39 is 0 Å². The lowest BCUT2D eigenvalue weighted by atomic mass is 9.83. The van der Waals surface area contributed by atoms with Crippen molar-refractivity contribution >= 4 is 16.7 Å². The van der Waals surface area contributed by atoms with Crippen LogP contribution in [0, 0.1) is 0 Å². The van der Waals surface area contributed by atoms with E-state index in [1.165, 1.54) is 6.42 Å². The molecule has 3 aromatic heterocycles. The molecule has 150 valence electrons. The fourth-order valence-electron chi connectivity index (χ4n) is 4.40. The number of hydrogen-bond donors (Lipinski definition) is 1. The summed E-state index contributed by atoms with van der Waals surface area (Å²) in [6.07, 6.45) is 6.73. The molecule has 1 spiro atoms. The average Bonchev–Trinajstić information content (AvgIpc) is 3.16. The summed E-state index contributed by atoms with van der Waals surface area (Å²) in [4.78, 5) is 14.9. The SMILES string of the molecule is COc1cncc(-c2ccc3[nH]c(-c4ccc(N5CCC56COC6)nc4)cc3c2)c1. The maximum atomic E-state index is 5.43. The maximum absolute atomic E-state index is 5.43. The monoisotopic (exact) mass is 398 g/mol. The number of nitrogens with zero attached hydrogens (tertiary/aromatic N) is 3. The molecule has 0 unspecified atom stereocenters. The second kappa shape index (κ2) is 6.57. The fraction of sp³-hybridized carbons (Fsp3) is 0.250. The largest absolute Gasteiger partial charge is 0.495 e. The summed E-state index contributed by atoms with van der Waals surface area (Å²) in [5.41, 5.74) is 5.60. The Morgan fingerprint density at radius 2 is 1.90 bits per heavy atom. The number of H-pyrrole nitrogens is 1. The lowest BCUT2D eigenvalue weighted by Gasteiger charge is -2.58. The molecule has 0 atom stereocenters. The molecular weight excluding hydrogens is 376 g/mol. The lowest BCUT2D eigenvalue weighted by Crippen LogP contribution is -2.71. The first-order valence-electron chi connectivity index (χ1n) is 10.2. The fourth-order valence-corrected chi connectivity index (χ4v) is 4.40. The number of fused-ring (bicyclic) bond motifs is 1. The quantitative estimate of drug-likeness (QED) is 0.556. The van der Waals surface area contributed by atoms with Gasteiger partial charge in [-0.3, -0.25) is 4.98 Å². The maximum Gasteiger partial charge on any atom is 0.137 e. The Labute approximate surface area is 174 Å². The van der Waals surface area contributed by atoms with Gasteiger partial charge in [-0.15, -0.1) is 0 Å². The van der Waals surface area contributed by atoms with Gasteiger partial charge in [0.2, 0.25) is 0 Å². The van der Waals surface area contributed by atoms with Crippen LogP contribution in [0.25, 0.3) is 33.3 Å². The van der Waals surface area contributed by atoms with Crippen LogP contribution < -0.4 is 9.64 Å². The van der Waals surface area contributed by atoms with E-state index in [1.54, 1.807) is 13.3 Å². The van der Waals surface area contributed by atoms with Crippen LogP contribution in [-0.2, 0) is 4.74 Å². The molecule has 30 heavy (non-hydrogen) atoms. The van der Waals surface area contributed by atoms with E-state index in [0.717, 1.165) is 64.6 Å². The van der Waals surface area contributed by atoms with Crippen LogP contribution in [0.5, 0.6) is 5.75 Å². The highest BCUT2D eigenvalue weighted by Crippen LogP contribution is 2.40. The summed E-state index contributed by atoms with van der Waals surface area (Å²) in [5, 5.41) is 1.16. The minimum Gasteiger partial charge on any atom is -0.495 e. The van der Waals surface area contributed by atoms with Crippen LogP contribution in [-0.4, -0.2) is 47.4 Å². The standard InChI is InChI=1S/C24H22N4O2/c1-29-20-9-19(11-25-13-20)16-2-4-21-18(8-16)10-22(27-21)17-3-5-23(26-12-17)28-7-6-24(28)14-30-15-24/h2-5,8-13,27H,6-7,14-15H2,1H3. The van der Waals surface area contributed by atoms with Crippen molar-refractivity contribution in [3.63, 3.8) is 0 Å². The molecule has 0 bridgehead atoms. The molecule has 6 nitrogen and oxygen atoms in total. The Bertz CT molecular complexity index is 1220. The Kier molecular flexibility index (Phi) is 3.83. The summed E-state index contributed by atoms with van der Waals surface area (Å²) in [7, 11) is 1.66. The first-order chi connectivity index (χ1) is 14.7. The first-order valence-corrected chi connectivity index (χ1v) is 10.2. The Hall–Kier alpha value is -3.38. The van der Waals surface area contributed by atoms with Gasteiger partial charge in [-0.25, -0.2) is 4.98 Å². The molecule has 0 radical (unpaired) electrons. The van der Waals surface area contributed by atoms with Gasteiger partial charge in [-0.1, -0.05) is 6.07 Å². The Morgan fingerprint density at radius 3 is 2.60 bits per heavy atom. The molecule has 6 rings (SSSR count). The predicted molar refractivity (Wildman–Crippen MR) is 117 cm³/mol. The minimum atomic E-state index is 0.209. The molecule has 1 N–H and O–H groups in total. The van der Waals surface area contributed by atoms with E-state index in [1.807, 2.05) is 18.5 Å². The molecule has 6 heteroatoms.